The van der Waals surface area contributed by atoms with Gasteiger partial charge in [-0.25, -0.2) is 9.59 Å². The van der Waals surface area contributed by atoms with Crippen LogP contribution in [0.4, 0.5) is 10.5 Å². The van der Waals surface area contributed by atoms with Gasteiger partial charge in [-0.2, -0.15) is 5.26 Å². The minimum atomic E-state index is -0.886. The van der Waals surface area contributed by atoms with E-state index in [1.807, 2.05) is 20.8 Å². The lowest BCUT2D eigenvalue weighted by Gasteiger charge is -2.26. The fraction of sp³-hybridized carbons (Fsp3) is 0.500. The monoisotopic (exact) mass is 437 g/mol. The van der Waals surface area contributed by atoms with Gasteiger partial charge in [0.1, 0.15) is 18.7 Å². The van der Waals surface area contributed by atoms with E-state index in [1.165, 1.54) is 22.7 Å². The van der Waals surface area contributed by atoms with Crippen molar-refractivity contribution in [3.63, 3.8) is 0 Å². The summed E-state index contributed by atoms with van der Waals surface area (Å²) in [5, 5.41) is 12.1. The SMILES string of the molecule is CN(C(=O)OCc1ccc(N=[N+]=[N-])cc1)[C@H](CSSC(C)(C)C)C(=O)OCC#N. The number of carbonyl (C=O) groups excluding carboxylic acids is 2. The molecule has 0 aliphatic heterocycles. The van der Waals surface area contributed by atoms with Crippen molar-refractivity contribution in [2.75, 3.05) is 19.4 Å². The van der Waals surface area contributed by atoms with Crippen LogP contribution in [0.1, 0.15) is 26.3 Å². The second-order valence-electron chi connectivity index (χ2n) is 6.78. The molecular formula is C18H23N5O4S2. The maximum Gasteiger partial charge on any atom is 0.410 e. The summed E-state index contributed by atoms with van der Waals surface area (Å²) in [5.41, 5.74) is 9.56. The van der Waals surface area contributed by atoms with Gasteiger partial charge in [0, 0.05) is 28.1 Å². The highest BCUT2D eigenvalue weighted by Gasteiger charge is 2.30. The van der Waals surface area contributed by atoms with Crippen LogP contribution in [0.2, 0.25) is 0 Å². The van der Waals surface area contributed by atoms with Crippen LogP contribution in [0.5, 0.6) is 0 Å². The molecular weight excluding hydrogens is 414 g/mol. The fourth-order valence-electron chi connectivity index (χ4n) is 1.90. The fourth-order valence-corrected chi connectivity index (χ4v) is 4.46. The summed E-state index contributed by atoms with van der Waals surface area (Å²) < 4.78 is 10.1. The van der Waals surface area contributed by atoms with Gasteiger partial charge in [-0.15, -0.1) is 0 Å². The van der Waals surface area contributed by atoms with E-state index < -0.39 is 18.1 Å². The zero-order valence-electron chi connectivity index (χ0n) is 16.7. The third kappa shape index (κ3) is 9.47. The highest BCUT2D eigenvalue weighted by molar-refractivity contribution is 8.77. The number of benzene rings is 1. The Labute approximate surface area is 177 Å². The molecule has 1 amide bonds. The van der Waals surface area contributed by atoms with Gasteiger partial charge in [-0.3, -0.25) is 4.90 Å². The number of nitrogens with zero attached hydrogens (tertiary/aromatic N) is 5. The molecule has 0 spiro atoms. The van der Waals surface area contributed by atoms with Crippen molar-refractivity contribution in [2.24, 2.45) is 5.11 Å². The standard InChI is InChI=1S/C18H23N5O4S2/c1-18(2,3)29-28-12-15(16(24)26-10-9-19)23(4)17(25)27-11-13-5-7-14(8-6-13)21-22-20/h5-8,15H,10-12H2,1-4H3/t15-/m1/s1. The molecule has 0 N–H and O–H groups in total. The third-order valence-corrected chi connectivity index (χ3v) is 6.63. The quantitative estimate of drug-likeness (QED) is 0.178. The van der Waals surface area contributed by atoms with Gasteiger partial charge in [-0.1, -0.05) is 71.7 Å². The van der Waals surface area contributed by atoms with Crippen LogP contribution >= 0.6 is 21.6 Å². The van der Waals surface area contributed by atoms with Gasteiger partial charge in [0.2, 0.25) is 0 Å². The molecule has 1 aromatic rings. The van der Waals surface area contributed by atoms with Gasteiger partial charge in [0.15, 0.2) is 6.61 Å². The number of hydrogen-bond acceptors (Lipinski definition) is 8. The van der Waals surface area contributed by atoms with Crippen LogP contribution in [-0.4, -0.2) is 47.2 Å². The zero-order valence-corrected chi connectivity index (χ0v) is 18.3. The molecule has 1 atom stereocenters. The Balaban J connectivity index is 2.72. The topological polar surface area (TPSA) is 128 Å². The Morgan fingerprint density at radius 3 is 2.52 bits per heavy atom. The van der Waals surface area contributed by atoms with Crippen LogP contribution in [0, 0.1) is 11.3 Å². The van der Waals surface area contributed by atoms with E-state index in [-0.39, 0.29) is 18.0 Å². The predicted molar refractivity (Wildman–Crippen MR) is 113 cm³/mol. The second kappa shape index (κ2) is 12.1. The number of amides is 1. The maximum absolute atomic E-state index is 12.4. The summed E-state index contributed by atoms with van der Waals surface area (Å²) in [6.45, 7) is 5.73. The molecule has 1 rings (SSSR count). The normalized spacial score (nSPS) is 11.6. The molecule has 0 aromatic heterocycles. The first-order valence-electron chi connectivity index (χ1n) is 8.55. The van der Waals surface area contributed by atoms with Crippen molar-refractivity contribution in [1.82, 2.24) is 4.90 Å². The molecule has 0 saturated carbocycles. The van der Waals surface area contributed by atoms with Gasteiger partial charge in [0.05, 0.1) is 0 Å². The average Bonchev–Trinajstić information content (AvgIpc) is 2.67. The summed E-state index contributed by atoms with van der Waals surface area (Å²) in [7, 11) is 4.47. The summed E-state index contributed by atoms with van der Waals surface area (Å²) in [6.07, 6.45) is -0.690. The molecule has 11 heteroatoms. The van der Waals surface area contributed by atoms with Crippen molar-refractivity contribution in [1.29, 1.82) is 5.26 Å². The molecule has 0 aliphatic rings. The lowest BCUT2D eigenvalue weighted by atomic mass is 10.2. The van der Waals surface area contributed by atoms with Gasteiger partial charge in [0.25, 0.3) is 0 Å². The maximum atomic E-state index is 12.4. The highest BCUT2D eigenvalue weighted by Crippen LogP contribution is 2.35. The van der Waals surface area contributed by atoms with Crippen LogP contribution in [-0.2, 0) is 20.9 Å². The first-order valence-corrected chi connectivity index (χ1v) is 10.9. The van der Waals surface area contributed by atoms with E-state index in [1.54, 1.807) is 41.1 Å². The molecule has 156 valence electrons. The van der Waals surface area contributed by atoms with Gasteiger partial charge < -0.3 is 9.47 Å². The van der Waals surface area contributed by atoms with E-state index in [4.69, 9.17) is 20.3 Å². The predicted octanol–water partition coefficient (Wildman–Crippen LogP) is 4.81. The number of ether oxygens (including phenoxy) is 2. The molecule has 0 heterocycles. The highest BCUT2D eigenvalue weighted by atomic mass is 33.1. The molecule has 9 nitrogen and oxygen atoms in total. The molecule has 1 aromatic carbocycles. The van der Waals surface area contributed by atoms with E-state index in [2.05, 4.69) is 10.0 Å². The lowest BCUT2D eigenvalue weighted by Crippen LogP contribution is -2.45. The number of esters is 1. The van der Waals surface area contributed by atoms with Crippen LogP contribution < -0.4 is 0 Å². The lowest BCUT2D eigenvalue weighted by molar-refractivity contribution is -0.146. The molecule has 29 heavy (non-hydrogen) atoms. The second-order valence-corrected chi connectivity index (χ2v) is 9.95. The zero-order chi connectivity index (χ0) is 21.9. The number of azide groups is 1. The molecule has 0 fully saturated rings. The Morgan fingerprint density at radius 1 is 1.31 bits per heavy atom. The van der Waals surface area contributed by atoms with Gasteiger partial charge >= 0.3 is 12.1 Å². The smallest absolute Gasteiger partial charge is 0.410 e. The summed E-state index contributed by atoms with van der Waals surface area (Å²) in [5.74, 6) is -0.370. The molecule has 0 saturated heterocycles. The van der Waals surface area contributed by atoms with Crippen molar-refractivity contribution in [2.45, 2.75) is 38.2 Å². The Bertz CT molecular complexity index is 783. The molecule has 0 radical (unpaired) electrons. The third-order valence-electron chi connectivity index (χ3n) is 3.30. The number of hydrogen-bond donors (Lipinski definition) is 0. The van der Waals surface area contributed by atoms with Crippen molar-refractivity contribution >= 4 is 39.3 Å². The summed E-state index contributed by atoms with van der Waals surface area (Å²) in [6, 6.07) is 7.41. The Kier molecular flexibility index (Phi) is 10.2. The van der Waals surface area contributed by atoms with Crippen molar-refractivity contribution < 1.29 is 19.1 Å². The first kappa shape index (κ1) is 24.5. The van der Waals surface area contributed by atoms with Gasteiger partial charge in [-0.05, 0) is 11.1 Å². The number of nitriles is 1. The Morgan fingerprint density at radius 2 is 1.97 bits per heavy atom. The molecule has 0 bridgehead atoms. The van der Waals surface area contributed by atoms with E-state index >= 15 is 0 Å². The van der Waals surface area contributed by atoms with Crippen molar-refractivity contribution in [3.8, 4) is 6.07 Å². The largest absolute Gasteiger partial charge is 0.449 e. The average molecular weight is 438 g/mol. The molecule has 0 aliphatic carbocycles. The van der Waals surface area contributed by atoms with E-state index in [0.29, 0.717) is 17.0 Å². The number of rotatable bonds is 9. The minimum Gasteiger partial charge on any atom is -0.449 e. The van der Waals surface area contributed by atoms with Crippen molar-refractivity contribution in [3.05, 3.63) is 40.3 Å². The number of likely N-dealkylation sites (N-methyl/N-ethyl adjacent to an activating group) is 1. The van der Waals surface area contributed by atoms with Crippen LogP contribution in [0.15, 0.2) is 29.4 Å². The van der Waals surface area contributed by atoms with Crippen LogP contribution in [0.3, 0.4) is 0 Å². The number of carbonyl (C=O) groups is 2. The Hall–Kier alpha value is -2.54. The summed E-state index contributed by atoms with van der Waals surface area (Å²) >= 11 is 0. The van der Waals surface area contributed by atoms with E-state index in [9.17, 15) is 9.59 Å². The van der Waals surface area contributed by atoms with Crippen LogP contribution in [0.25, 0.3) is 10.4 Å². The minimum absolute atomic E-state index is 0.0103. The van der Waals surface area contributed by atoms with E-state index in [0.717, 1.165) is 0 Å². The summed E-state index contributed by atoms with van der Waals surface area (Å²) in [4.78, 5) is 28.6. The first-order chi connectivity index (χ1) is 13.7. The molecule has 0 unspecified atom stereocenters.